The average Bonchev–Trinajstić information content (AvgIpc) is 2.84. The summed E-state index contributed by atoms with van der Waals surface area (Å²) in [7, 11) is 0. The van der Waals surface area contributed by atoms with Crippen molar-refractivity contribution >= 4 is 5.97 Å². The molecule has 0 spiro atoms. The van der Waals surface area contributed by atoms with Crippen molar-refractivity contribution in [1.82, 2.24) is 0 Å². The normalized spacial score (nSPS) is 13.0. The number of hydrogen-bond donors (Lipinski definition) is 0. The van der Waals surface area contributed by atoms with Crippen LogP contribution in [0.4, 0.5) is 0 Å². The maximum atomic E-state index is 12.3. The molecule has 3 nitrogen and oxygen atoms in total. The second-order valence-electron chi connectivity index (χ2n) is 9.14. The average molecular weight is 453 g/mol. The third kappa shape index (κ3) is 10.1. The van der Waals surface area contributed by atoms with E-state index in [0.717, 1.165) is 24.8 Å². The maximum absolute atomic E-state index is 12.3. The standard InChI is InChI=1S/C30H44O3/c1-5-7-9-11-12-14-26-15-17-28(18-16-26)29-21-19-27(20-22-29)24(3)33-30(31)25(4)32-23-13-10-8-6-2/h15-22,24-25H,5-14,23H2,1-4H3. The first-order valence-electron chi connectivity index (χ1n) is 13.1. The fraction of sp³-hybridized carbons (Fsp3) is 0.567. The number of carbonyl (C=O) groups excluding carboxylic acids is 1. The molecule has 0 saturated heterocycles. The molecule has 0 fully saturated rings. The summed E-state index contributed by atoms with van der Waals surface area (Å²) in [6.07, 6.45) is 11.4. The number of esters is 1. The first-order chi connectivity index (χ1) is 16.0. The third-order valence-electron chi connectivity index (χ3n) is 6.23. The van der Waals surface area contributed by atoms with E-state index in [4.69, 9.17) is 9.47 Å². The van der Waals surface area contributed by atoms with Crippen LogP contribution in [0.3, 0.4) is 0 Å². The number of rotatable bonds is 16. The maximum Gasteiger partial charge on any atom is 0.335 e. The summed E-state index contributed by atoms with van der Waals surface area (Å²) < 4.78 is 11.3. The van der Waals surface area contributed by atoms with Gasteiger partial charge in [-0.05, 0) is 55.4 Å². The van der Waals surface area contributed by atoms with Gasteiger partial charge in [0.2, 0.25) is 0 Å². The van der Waals surface area contributed by atoms with E-state index in [2.05, 4.69) is 50.2 Å². The Hall–Kier alpha value is -2.13. The van der Waals surface area contributed by atoms with Gasteiger partial charge in [-0.3, -0.25) is 0 Å². The Kier molecular flexibility index (Phi) is 12.9. The molecule has 0 aromatic heterocycles. The van der Waals surface area contributed by atoms with Crippen LogP contribution >= 0.6 is 0 Å². The molecule has 2 aromatic carbocycles. The number of benzene rings is 2. The zero-order valence-electron chi connectivity index (χ0n) is 21.3. The van der Waals surface area contributed by atoms with Crippen molar-refractivity contribution in [2.24, 2.45) is 0 Å². The minimum Gasteiger partial charge on any atom is -0.456 e. The van der Waals surface area contributed by atoms with E-state index in [9.17, 15) is 4.79 Å². The molecule has 0 radical (unpaired) electrons. The highest BCUT2D eigenvalue weighted by atomic mass is 16.6. The minimum absolute atomic E-state index is 0.298. The van der Waals surface area contributed by atoms with Crippen molar-refractivity contribution in [2.75, 3.05) is 6.61 Å². The van der Waals surface area contributed by atoms with Crippen LogP contribution in [0, 0.1) is 0 Å². The number of unbranched alkanes of at least 4 members (excludes halogenated alkanes) is 7. The lowest BCUT2D eigenvalue weighted by molar-refractivity contribution is -0.161. The summed E-state index contributed by atoms with van der Waals surface area (Å²) in [4.78, 5) is 12.3. The van der Waals surface area contributed by atoms with Crippen LogP contribution in [-0.4, -0.2) is 18.7 Å². The predicted octanol–water partition coefficient (Wildman–Crippen LogP) is 8.46. The van der Waals surface area contributed by atoms with Crippen molar-refractivity contribution in [1.29, 1.82) is 0 Å². The van der Waals surface area contributed by atoms with Crippen molar-refractivity contribution in [2.45, 2.75) is 104 Å². The van der Waals surface area contributed by atoms with Crippen LogP contribution in [-0.2, 0) is 20.7 Å². The molecule has 0 aliphatic carbocycles. The largest absolute Gasteiger partial charge is 0.456 e. The van der Waals surface area contributed by atoms with Gasteiger partial charge in [-0.1, -0.05) is 107 Å². The topological polar surface area (TPSA) is 35.5 Å². The number of ether oxygens (including phenoxy) is 2. The van der Waals surface area contributed by atoms with Gasteiger partial charge in [-0.2, -0.15) is 0 Å². The Bertz CT molecular complexity index is 779. The number of carbonyl (C=O) groups is 1. The van der Waals surface area contributed by atoms with E-state index < -0.39 is 6.10 Å². The van der Waals surface area contributed by atoms with Crippen LogP contribution in [0.25, 0.3) is 11.1 Å². The lowest BCUT2D eigenvalue weighted by Gasteiger charge is -2.18. The van der Waals surface area contributed by atoms with Gasteiger partial charge in [0.25, 0.3) is 0 Å². The second-order valence-corrected chi connectivity index (χ2v) is 9.14. The molecule has 2 aromatic rings. The number of aryl methyl sites for hydroxylation is 1. The summed E-state index contributed by atoms with van der Waals surface area (Å²) in [6.45, 7) is 8.73. The Morgan fingerprint density at radius 2 is 1.27 bits per heavy atom. The highest BCUT2D eigenvalue weighted by Gasteiger charge is 2.19. The van der Waals surface area contributed by atoms with Crippen molar-refractivity contribution in [3.8, 4) is 11.1 Å². The molecular weight excluding hydrogens is 408 g/mol. The van der Waals surface area contributed by atoms with Crippen molar-refractivity contribution in [3.05, 3.63) is 59.7 Å². The molecule has 0 aliphatic heterocycles. The van der Waals surface area contributed by atoms with Gasteiger partial charge in [0.1, 0.15) is 6.10 Å². The molecule has 0 amide bonds. The van der Waals surface area contributed by atoms with Gasteiger partial charge in [-0.25, -0.2) is 4.79 Å². The van der Waals surface area contributed by atoms with Gasteiger partial charge in [-0.15, -0.1) is 0 Å². The lowest BCUT2D eigenvalue weighted by Crippen LogP contribution is -2.25. The minimum atomic E-state index is -0.529. The van der Waals surface area contributed by atoms with E-state index in [1.54, 1.807) is 6.92 Å². The molecule has 0 bridgehead atoms. The fourth-order valence-corrected chi connectivity index (χ4v) is 3.94. The predicted molar refractivity (Wildman–Crippen MR) is 138 cm³/mol. The highest BCUT2D eigenvalue weighted by Crippen LogP contribution is 2.25. The molecule has 0 N–H and O–H groups in total. The molecule has 2 unspecified atom stereocenters. The molecule has 0 aliphatic rings. The molecule has 0 heterocycles. The lowest BCUT2D eigenvalue weighted by atomic mass is 9.99. The Labute approximate surface area is 201 Å². The highest BCUT2D eigenvalue weighted by molar-refractivity contribution is 5.74. The SMILES string of the molecule is CCCCCCCc1ccc(-c2ccc(C(C)OC(=O)C(C)OCCCCCC)cc2)cc1. The van der Waals surface area contributed by atoms with E-state index >= 15 is 0 Å². The summed E-state index contributed by atoms with van der Waals surface area (Å²) in [5, 5.41) is 0. The fourth-order valence-electron chi connectivity index (χ4n) is 3.94. The smallest absolute Gasteiger partial charge is 0.335 e. The van der Waals surface area contributed by atoms with Gasteiger partial charge >= 0.3 is 5.97 Å². The van der Waals surface area contributed by atoms with E-state index in [1.807, 2.05) is 19.1 Å². The Morgan fingerprint density at radius 3 is 1.88 bits per heavy atom. The van der Waals surface area contributed by atoms with Gasteiger partial charge < -0.3 is 9.47 Å². The van der Waals surface area contributed by atoms with E-state index in [-0.39, 0.29) is 12.1 Å². The van der Waals surface area contributed by atoms with Crippen molar-refractivity contribution in [3.63, 3.8) is 0 Å². The third-order valence-corrected chi connectivity index (χ3v) is 6.23. The Morgan fingerprint density at radius 1 is 0.727 bits per heavy atom. The Balaban J connectivity index is 1.80. The first kappa shape index (κ1) is 27.1. The van der Waals surface area contributed by atoms with Gasteiger partial charge in [0.05, 0.1) is 0 Å². The summed E-state index contributed by atoms with van der Waals surface area (Å²) in [6, 6.07) is 17.2. The first-order valence-corrected chi connectivity index (χ1v) is 13.1. The monoisotopic (exact) mass is 452 g/mol. The zero-order valence-corrected chi connectivity index (χ0v) is 21.3. The second kappa shape index (κ2) is 15.7. The summed E-state index contributed by atoms with van der Waals surface area (Å²) in [5.41, 5.74) is 4.79. The van der Waals surface area contributed by atoms with Crippen LogP contribution < -0.4 is 0 Å². The van der Waals surface area contributed by atoms with Crippen LogP contribution in [0.1, 0.15) is 103 Å². The van der Waals surface area contributed by atoms with Crippen LogP contribution in [0.2, 0.25) is 0 Å². The molecule has 33 heavy (non-hydrogen) atoms. The number of hydrogen-bond acceptors (Lipinski definition) is 3. The summed E-state index contributed by atoms with van der Waals surface area (Å²) in [5.74, 6) is -0.299. The van der Waals surface area contributed by atoms with Crippen LogP contribution in [0.5, 0.6) is 0 Å². The van der Waals surface area contributed by atoms with E-state index in [0.29, 0.717) is 6.61 Å². The van der Waals surface area contributed by atoms with Crippen LogP contribution in [0.15, 0.2) is 48.5 Å². The van der Waals surface area contributed by atoms with E-state index in [1.165, 1.54) is 61.6 Å². The van der Waals surface area contributed by atoms with Gasteiger partial charge in [0, 0.05) is 6.61 Å². The van der Waals surface area contributed by atoms with Gasteiger partial charge in [0.15, 0.2) is 6.10 Å². The molecular formula is C30H44O3. The molecule has 2 atom stereocenters. The quantitative estimate of drug-likeness (QED) is 0.189. The molecule has 0 saturated carbocycles. The molecule has 182 valence electrons. The summed E-state index contributed by atoms with van der Waals surface area (Å²) >= 11 is 0. The van der Waals surface area contributed by atoms with Crippen molar-refractivity contribution < 1.29 is 14.3 Å². The zero-order chi connectivity index (χ0) is 23.9. The molecule has 2 rings (SSSR count). The molecule has 3 heteroatoms.